The van der Waals surface area contributed by atoms with Gasteiger partial charge >= 0.3 is 0 Å². The van der Waals surface area contributed by atoms with E-state index in [1.54, 1.807) is 18.2 Å². The van der Waals surface area contributed by atoms with E-state index in [-0.39, 0.29) is 5.91 Å². The smallest absolute Gasteiger partial charge is 0.272 e. The van der Waals surface area contributed by atoms with E-state index in [1.165, 1.54) is 12.7 Å². The summed E-state index contributed by atoms with van der Waals surface area (Å²) in [6.45, 7) is 1.62. The molecule has 6 heteroatoms. The van der Waals surface area contributed by atoms with Crippen LogP contribution in [0.25, 0.3) is 0 Å². The summed E-state index contributed by atoms with van der Waals surface area (Å²) in [6, 6.07) is 8.99. The minimum absolute atomic E-state index is 0.0266. The predicted octanol–water partition coefficient (Wildman–Crippen LogP) is 3.50. The van der Waals surface area contributed by atoms with Crippen molar-refractivity contribution < 1.29 is 4.79 Å². The summed E-state index contributed by atoms with van der Waals surface area (Å²) < 4.78 is 0. The fraction of sp³-hybridized carbons (Fsp3) is 0.312. The van der Waals surface area contributed by atoms with Gasteiger partial charge in [-0.25, -0.2) is 9.97 Å². The normalized spacial score (nSPS) is 14.7. The lowest BCUT2D eigenvalue weighted by Crippen LogP contribution is -2.36. The van der Waals surface area contributed by atoms with Crippen LogP contribution >= 0.6 is 11.6 Å². The summed E-state index contributed by atoms with van der Waals surface area (Å²) in [7, 11) is 0. The van der Waals surface area contributed by atoms with Crippen LogP contribution in [-0.2, 0) is 0 Å². The standard InChI is InChI=1S/C16H17ClN4O/c17-12-4-6-13(7-5-12)20-15-10-14(18-11-19-15)16(22)21-8-2-1-3-9-21/h4-7,10-11H,1-3,8-9H2,(H,18,19,20). The number of rotatable bonds is 3. The van der Waals surface area contributed by atoms with Gasteiger partial charge in [0.05, 0.1) is 0 Å². The van der Waals surface area contributed by atoms with E-state index in [4.69, 9.17) is 11.6 Å². The minimum atomic E-state index is -0.0266. The molecule has 1 saturated heterocycles. The number of piperidine rings is 1. The molecule has 0 bridgehead atoms. The molecule has 0 spiro atoms. The number of carbonyl (C=O) groups excluding carboxylic acids is 1. The molecule has 3 rings (SSSR count). The van der Waals surface area contributed by atoms with Crippen LogP contribution in [0, 0.1) is 0 Å². The molecule has 1 aromatic heterocycles. The predicted molar refractivity (Wildman–Crippen MR) is 86.5 cm³/mol. The Morgan fingerprint density at radius 1 is 1.09 bits per heavy atom. The zero-order valence-electron chi connectivity index (χ0n) is 12.1. The Hall–Kier alpha value is -2.14. The summed E-state index contributed by atoms with van der Waals surface area (Å²) in [6.07, 6.45) is 4.73. The van der Waals surface area contributed by atoms with Crippen molar-refractivity contribution in [2.45, 2.75) is 19.3 Å². The molecule has 114 valence electrons. The number of benzene rings is 1. The Morgan fingerprint density at radius 2 is 1.82 bits per heavy atom. The first-order valence-corrected chi connectivity index (χ1v) is 7.74. The maximum Gasteiger partial charge on any atom is 0.272 e. The average Bonchev–Trinajstić information content (AvgIpc) is 2.57. The lowest BCUT2D eigenvalue weighted by atomic mass is 10.1. The van der Waals surface area contributed by atoms with Crippen LogP contribution in [-0.4, -0.2) is 33.9 Å². The van der Waals surface area contributed by atoms with E-state index in [2.05, 4.69) is 15.3 Å². The highest BCUT2D eigenvalue weighted by Gasteiger charge is 2.19. The third kappa shape index (κ3) is 3.54. The molecule has 0 atom stereocenters. The van der Waals surface area contributed by atoms with Gasteiger partial charge < -0.3 is 10.2 Å². The molecule has 1 aliphatic heterocycles. The summed E-state index contributed by atoms with van der Waals surface area (Å²) >= 11 is 5.86. The van der Waals surface area contributed by atoms with Gasteiger partial charge in [0.15, 0.2) is 0 Å². The molecule has 0 aliphatic carbocycles. The van der Waals surface area contributed by atoms with Gasteiger partial charge in [0.25, 0.3) is 5.91 Å². The largest absolute Gasteiger partial charge is 0.340 e. The third-order valence-corrected chi connectivity index (χ3v) is 3.90. The van der Waals surface area contributed by atoms with E-state index in [1.807, 2.05) is 17.0 Å². The zero-order chi connectivity index (χ0) is 15.4. The van der Waals surface area contributed by atoms with Crippen LogP contribution in [0.5, 0.6) is 0 Å². The molecule has 2 heterocycles. The molecule has 0 saturated carbocycles. The number of nitrogens with zero attached hydrogens (tertiary/aromatic N) is 3. The number of carbonyl (C=O) groups is 1. The Kier molecular flexibility index (Phi) is 4.53. The van der Waals surface area contributed by atoms with Crippen molar-refractivity contribution >= 4 is 29.0 Å². The molecule has 2 aromatic rings. The molecule has 1 N–H and O–H groups in total. The van der Waals surface area contributed by atoms with Crippen molar-refractivity contribution in [2.24, 2.45) is 0 Å². The minimum Gasteiger partial charge on any atom is -0.340 e. The molecule has 22 heavy (non-hydrogen) atoms. The summed E-state index contributed by atoms with van der Waals surface area (Å²) in [5.74, 6) is 0.568. The van der Waals surface area contributed by atoms with E-state index in [9.17, 15) is 4.79 Å². The molecular formula is C16H17ClN4O. The quantitative estimate of drug-likeness (QED) is 0.941. The molecule has 0 radical (unpaired) electrons. The molecule has 0 unspecified atom stereocenters. The lowest BCUT2D eigenvalue weighted by Gasteiger charge is -2.26. The number of likely N-dealkylation sites (tertiary alicyclic amines) is 1. The van der Waals surface area contributed by atoms with Crippen molar-refractivity contribution in [3.63, 3.8) is 0 Å². The maximum atomic E-state index is 12.4. The molecule has 1 fully saturated rings. The highest BCUT2D eigenvalue weighted by Crippen LogP contribution is 2.18. The number of hydrogen-bond acceptors (Lipinski definition) is 4. The highest BCUT2D eigenvalue weighted by molar-refractivity contribution is 6.30. The SMILES string of the molecule is O=C(c1cc(Nc2ccc(Cl)cc2)ncn1)N1CCCCC1. The van der Waals surface area contributed by atoms with Crippen LogP contribution in [0.3, 0.4) is 0 Å². The van der Waals surface area contributed by atoms with E-state index in [0.717, 1.165) is 31.6 Å². The number of aromatic nitrogens is 2. The summed E-state index contributed by atoms with van der Waals surface area (Å²) in [4.78, 5) is 22.6. The van der Waals surface area contributed by atoms with Crippen molar-refractivity contribution in [3.05, 3.63) is 47.4 Å². The van der Waals surface area contributed by atoms with Crippen molar-refractivity contribution in [2.75, 3.05) is 18.4 Å². The van der Waals surface area contributed by atoms with Crippen LogP contribution in [0.15, 0.2) is 36.7 Å². The zero-order valence-corrected chi connectivity index (χ0v) is 12.9. The van der Waals surface area contributed by atoms with Gasteiger partial charge in [-0.05, 0) is 43.5 Å². The molecule has 1 amide bonds. The second kappa shape index (κ2) is 6.75. The summed E-state index contributed by atoms with van der Waals surface area (Å²) in [5, 5.41) is 3.82. The molecule has 1 aliphatic rings. The van der Waals surface area contributed by atoms with Crippen LogP contribution in [0.2, 0.25) is 5.02 Å². The van der Waals surface area contributed by atoms with Gasteiger partial charge in [0, 0.05) is 29.9 Å². The average molecular weight is 317 g/mol. The van der Waals surface area contributed by atoms with Gasteiger partial charge in [-0.2, -0.15) is 0 Å². The van der Waals surface area contributed by atoms with Crippen molar-refractivity contribution in [3.8, 4) is 0 Å². The van der Waals surface area contributed by atoms with E-state index in [0.29, 0.717) is 16.5 Å². The fourth-order valence-corrected chi connectivity index (χ4v) is 2.61. The fourth-order valence-electron chi connectivity index (χ4n) is 2.48. The van der Waals surface area contributed by atoms with Crippen molar-refractivity contribution in [1.82, 2.24) is 14.9 Å². The van der Waals surface area contributed by atoms with Crippen LogP contribution in [0.4, 0.5) is 11.5 Å². The van der Waals surface area contributed by atoms with Crippen molar-refractivity contribution in [1.29, 1.82) is 0 Å². The Morgan fingerprint density at radius 3 is 2.55 bits per heavy atom. The second-order valence-corrected chi connectivity index (χ2v) is 5.71. The van der Waals surface area contributed by atoms with E-state index >= 15 is 0 Å². The van der Waals surface area contributed by atoms with Gasteiger partial charge in [0.2, 0.25) is 0 Å². The van der Waals surface area contributed by atoms with Crippen LogP contribution in [0.1, 0.15) is 29.8 Å². The second-order valence-electron chi connectivity index (χ2n) is 5.27. The lowest BCUT2D eigenvalue weighted by molar-refractivity contribution is 0.0718. The molecule has 5 nitrogen and oxygen atoms in total. The topological polar surface area (TPSA) is 58.1 Å². The molecular weight excluding hydrogens is 300 g/mol. The number of anilines is 2. The Balaban J connectivity index is 1.74. The number of amides is 1. The van der Waals surface area contributed by atoms with Gasteiger partial charge in [0.1, 0.15) is 17.8 Å². The first kappa shape index (κ1) is 14.8. The maximum absolute atomic E-state index is 12.4. The number of hydrogen-bond donors (Lipinski definition) is 1. The monoisotopic (exact) mass is 316 g/mol. The van der Waals surface area contributed by atoms with Crippen LogP contribution < -0.4 is 5.32 Å². The third-order valence-electron chi connectivity index (χ3n) is 3.65. The molecule has 1 aromatic carbocycles. The van der Waals surface area contributed by atoms with Gasteiger partial charge in [-0.15, -0.1) is 0 Å². The highest BCUT2D eigenvalue weighted by atomic mass is 35.5. The number of halogens is 1. The Bertz CT molecular complexity index is 653. The Labute approximate surface area is 134 Å². The first-order valence-electron chi connectivity index (χ1n) is 7.36. The van der Waals surface area contributed by atoms with Gasteiger partial charge in [-0.1, -0.05) is 11.6 Å². The first-order chi connectivity index (χ1) is 10.7. The van der Waals surface area contributed by atoms with E-state index < -0.39 is 0 Å². The number of nitrogens with one attached hydrogen (secondary N) is 1. The van der Waals surface area contributed by atoms with Gasteiger partial charge in [-0.3, -0.25) is 4.79 Å². The summed E-state index contributed by atoms with van der Waals surface area (Å²) in [5.41, 5.74) is 1.29.